The molecule has 0 saturated heterocycles. The van der Waals surface area contributed by atoms with Gasteiger partial charge in [0.05, 0.1) is 5.41 Å². The highest BCUT2D eigenvalue weighted by molar-refractivity contribution is 7.13. The average Bonchev–Trinajstić information content (AvgIpc) is 3.50. The van der Waals surface area contributed by atoms with E-state index in [1.807, 2.05) is 44.2 Å². The zero-order chi connectivity index (χ0) is 22.8. The summed E-state index contributed by atoms with van der Waals surface area (Å²) in [5, 5.41) is 12.3. The van der Waals surface area contributed by atoms with Crippen LogP contribution in [0.5, 0.6) is 0 Å². The maximum atomic E-state index is 13.4. The summed E-state index contributed by atoms with van der Waals surface area (Å²) < 4.78 is 0. The third kappa shape index (κ3) is 4.15. The smallest absolute Gasteiger partial charge is 0.232 e. The summed E-state index contributed by atoms with van der Waals surface area (Å²) in [6, 6.07) is 22.6. The summed E-state index contributed by atoms with van der Waals surface area (Å²) in [5.41, 5.74) is 6.19. The van der Waals surface area contributed by atoms with Gasteiger partial charge >= 0.3 is 0 Å². The molecule has 5 rings (SSSR count). The Morgan fingerprint density at radius 3 is 2.52 bits per heavy atom. The third-order valence-corrected chi connectivity index (χ3v) is 6.60. The van der Waals surface area contributed by atoms with Crippen molar-refractivity contribution < 1.29 is 4.79 Å². The number of fused-ring (bicyclic) bond motifs is 1. The molecule has 0 aliphatic heterocycles. The highest BCUT2D eigenvalue weighted by atomic mass is 32.1. The predicted octanol–water partition coefficient (Wildman–Crippen LogP) is 5.88. The first-order valence-electron chi connectivity index (χ1n) is 10.7. The first-order chi connectivity index (χ1) is 16.0. The number of carbonyl (C=O) groups is 1. The van der Waals surface area contributed by atoms with Crippen molar-refractivity contribution >= 4 is 33.3 Å². The Hall–Kier alpha value is -3.84. The minimum Gasteiger partial charge on any atom is -0.355 e. The number of hydrogen-bond acceptors (Lipinski definition) is 5. The first-order valence-corrected chi connectivity index (χ1v) is 11.6. The van der Waals surface area contributed by atoms with Crippen LogP contribution in [0.2, 0.25) is 0 Å². The molecule has 7 heteroatoms. The van der Waals surface area contributed by atoms with E-state index in [1.165, 1.54) is 11.3 Å². The first kappa shape index (κ1) is 21.0. The number of nitrogens with zero attached hydrogens (tertiary/aromatic N) is 3. The van der Waals surface area contributed by atoms with Crippen LogP contribution in [-0.4, -0.2) is 26.1 Å². The number of aromatic amines is 1. The molecule has 0 saturated carbocycles. The van der Waals surface area contributed by atoms with Gasteiger partial charge < -0.3 is 10.3 Å². The number of pyridine rings is 1. The van der Waals surface area contributed by atoms with Crippen molar-refractivity contribution in [3.05, 3.63) is 95.8 Å². The maximum Gasteiger partial charge on any atom is 0.232 e. The van der Waals surface area contributed by atoms with E-state index in [0.717, 1.165) is 33.3 Å². The van der Waals surface area contributed by atoms with Gasteiger partial charge in [-0.05, 0) is 41.5 Å². The van der Waals surface area contributed by atoms with Crippen LogP contribution in [0.3, 0.4) is 0 Å². The van der Waals surface area contributed by atoms with Crippen molar-refractivity contribution in [2.24, 2.45) is 5.41 Å². The van der Waals surface area contributed by atoms with Gasteiger partial charge in [-0.2, -0.15) is 0 Å². The number of aromatic nitrogens is 4. The number of carbonyl (C=O) groups excluding carboxylic acids is 1. The molecule has 164 valence electrons. The fourth-order valence-corrected chi connectivity index (χ4v) is 4.75. The quantitative estimate of drug-likeness (QED) is 0.336. The lowest BCUT2D eigenvalue weighted by Crippen LogP contribution is -2.37. The molecule has 2 aromatic carbocycles. The molecule has 33 heavy (non-hydrogen) atoms. The minimum atomic E-state index is -0.745. The summed E-state index contributed by atoms with van der Waals surface area (Å²) in [4.78, 5) is 21.0. The zero-order valence-corrected chi connectivity index (χ0v) is 19.1. The number of rotatable bonds is 6. The van der Waals surface area contributed by atoms with Crippen LogP contribution in [0.25, 0.3) is 22.2 Å². The van der Waals surface area contributed by atoms with Crippen LogP contribution in [0.1, 0.15) is 30.9 Å². The van der Waals surface area contributed by atoms with Crippen LogP contribution in [0.4, 0.5) is 5.13 Å². The summed E-state index contributed by atoms with van der Waals surface area (Å²) in [7, 11) is 0. The SMILES string of the molecule is CC(C)(C(=O)Nc1nncs1)C(c1ccccc1)c1ccc2[nH]c(-c3ccncc3)cc2c1. The van der Waals surface area contributed by atoms with Crippen LogP contribution >= 0.6 is 11.3 Å². The van der Waals surface area contributed by atoms with Crippen molar-refractivity contribution in [1.29, 1.82) is 0 Å². The average molecular weight is 454 g/mol. The number of hydrogen-bond donors (Lipinski definition) is 2. The maximum absolute atomic E-state index is 13.4. The van der Waals surface area contributed by atoms with Crippen molar-refractivity contribution in [1.82, 2.24) is 20.2 Å². The molecular formula is C26H23N5OS. The second kappa shape index (κ2) is 8.60. The van der Waals surface area contributed by atoms with Gasteiger partial charge in [0.1, 0.15) is 5.51 Å². The van der Waals surface area contributed by atoms with Crippen LogP contribution < -0.4 is 5.32 Å². The van der Waals surface area contributed by atoms with E-state index in [9.17, 15) is 4.79 Å². The molecule has 0 spiro atoms. The Balaban J connectivity index is 1.57. The van der Waals surface area contributed by atoms with E-state index in [-0.39, 0.29) is 11.8 Å². The molecule has 2 N–H and O–H groups in total. The minimum absolute atomic E-state index is 0.0975. The van der Waals surface area contributed by atoms with Gasteiger partial charge in [-0.3, -0.25) is 9.78 Å². The molecule has 1 atom stereocenters. The number of H-pyrrole nitrogens is 1. The van der Waals surface area contributed by atoms with Crippen molar-refractivity contribution in [2.75, 3.05) is 5.32 Å². The molecule has 0 fully saturated rings. The van der Waals surface area contributed by atoms with Gasteiger partial charge in [0, 0.05) is 40.5 Å². The molecule has 3 aromatic heterocycles. The van der Waals surface area contributed by atoms with E-state index in [2.05, 4.69) is 61.9 Å². The molecule has 0 aliphatic carbocycles. The largest absolute Gasteiger partial charge is 0.355 e. The Bertz CT molecular complexity index is 1380. The Morgan fingerprint density at radius 1 is 1.00 bits per heavy atom. The molecule has 3 heterocycles. The van der Waals surface area contributed by atoms with E-state index in [0.29, 0.717) is 5.13 Å². The molecular weight excluding hydrogens is 430 g/mol. The topological polar surface area (TPSA) is 83.6 Å². The third-order valence-electron chi connectivity index (χ3n) is 5.99. The van der Waals surface area contributed by atoms with Gasteiger partial charge in [0.25, 0.3) is 0 Å². The van der Waals surface area contributed by atoms with Gasteiger partial charge in [0.2, 0.25) is 11.0 Å². The lowest BCUT2D eigenvalue weighted by Gasteiger charge is -2.33. The molecule has 1 unspecified atom stereocenters. The number of nitrogens with one attached hydrogen (secondary N) is 2. The predicted molar refractivity (Wildman–Crippen MR) is 132 cm³/mol. The molecule has 0 aliphatic rings. The Kier molecular flexibility index (Phi) is 5.48. The van der Waals surface area contributed by atoms with E-state index in [4.69, 9.17) is 0 Å². The summed E-state index contributed by atoms with van der Waals surface area (Å²) >= 11 is 1.31. The normalized spacial score (nSPS) is 12.5. The Morgan fingerprint density at radius 2 is 1.79 bits per heavy atom. The fourth-order valence-electron chi connectivity index (χ4n) is 4.31. The van der Waals surface area contributed by atoms with Gasteiger partial charge in [-0.15, -0.1) is 10.2 Å². The van der Waals surface area contributed by atoms with Crippen LogP contribution in [0, 0.1) is 5.41 Å². The lowest BCUT2D eigenvalue weighted by atomic mass is 9.70. The molecule has 6 nitrogen and oxygen atoms in total. The summed E-state index contributed by atoms with van der Waals surface area (Å²) in [6.07, 6.45) is 3.58. The highest BCUT2D eigenvalue weighted by Gasteiger charge is 2.39. The van der Waals surface area contributed by atoms with Crippen molar-refractivity contribution in [2.45, 2.75) is 19.8 Å². The molecule has 0 radical (unpaired) electrons. The van der Waals surface area contributed by atoms with E-state index < -0.39 is 5.41 Å². The van der Waals surface area contributed by atoms with Gasteiger partial charge in [-0.1, -0.05) is 61.6 Å². The second-order valence-corrected chi connectivity index (χ2v) is 9.36. The summed E-state index contributed by atoms with van der Waals surface area (Å²) in [5.74, 6) is -0.255. The number of anilines is 1. The van der Waals surface area contributed by atoms with Gasteiger partial charge in [-0.25, -0.2) is 0 Å². The zero-order valence-electron chi connectivity index (χ0n) is 18.3. The monoisotopic (exact) mass is 453 g/mol. The van der Waals surface area contributed by atoms with Gasteiger partial charge in [0.15, 0.2) is 0 Å². The number of amides is 1. The highest BCUT2D eigenvalue weighted by Crippen LogP contribution is 2.43. The standard InChI is InChI=1S/C26H23N5OS/c1-26(2,24(32)30-25-31-28-16-33-25)23(18-6-4-3-5-7-18)19-8-9-21-20(14-19)15-22(29-21)17-10-12-27-13-11-17/h3-16,23,29H,1-2H3,(H,30,31,32). The second-order valence-electron chi connectivity index (χ2n) is 8.53. The fraction of sp³-hybridized carbons (Fsp3) is 0.154. The van der Waals surface area contributed by atoms with Crippen molar-refractivity contribution in [3.63, 3.8) is 0 Å². The molecule has 5 aromatic rings. The summed E-state index contributed by atoms with van der Waals surface area (Å²) in [6.45, 7) is 3.95. The molecule has 1 amide bonds. The van der Waals surface area contributed by atoms with Crippen LogP contribution in [0.15, 0.2) is 84.6 Å². The van der Waals surface area contributed by atoms with E-state index >= 15 is 0 Å². The van der Waals surface area contributed by atoms with Crippen LogP contribution in [-0.2, 0) is 4.79 Å². The van der Waals surface area contributed by atoms with Crippen molar-refractivity contribution in [3.8, 4) is 11.3 Å². The van der Waals surface area contributed by atoms with E-state index in [1.54, 1.807) is 17.9 Å². The molecule has 0 bridgehead atoms. The Labute approximate surface area is 195 Å². The number of benzene rings is 2. The lowest BCUT2D eigenvalue weighted by molar-refractivity contribution is -0.124.